The second-order valence-corrected chi connectivity index (χ2v) is 3.70. The highest BCUT2D eigenvalue weighted by Gasteiger charge is 2.38. The third kappa shape index (κ3) is 0.932. The Hall–Kier alpha value is -1.51. The van der Waals surface area contributed by atoms with Crippen molar-refractivity contribution in [1.82, 2.24) is 0 Å². The molecule has 1 aromatic carbocycles. The van der Waals surface area contributed by atoms with E-state index in [-0.39, 0.29) is 5.60 Å². The first-order valence-corrected chi connectivity index (χ1v) is 4.18. The van der Waals surface area contributed by atoms with Gasteiger partial charge in [-0.05, 0) is 26.0 Å². The van der Waals surface area contributed by atoms with Gasteiger partial charge in [-0.1, -0.05) is 0 Å². The minimum Gasteiger partial charge on any atom is -0.483 e. The SMILES string of the molecule is CC1(C)Oc2ccc(N)c(C=N)c21. The molecule has 2 rings (SSSR count). The van der Waals surface area contributed by atoms with Gasteiger partial charge in [0.25, 0.3) is 0 Å². The second-order valence-electron chi connectivity index (χ2n) is 3.70. The molecule has 3 heteroatoms. The zero-order valence-electron chi connectivity index (χ0n) is 7.72. The lowest BCUT2D eigenvalue weighted by Gasteiger charge is -2.40. The molecule has 0 saturated heterocycles. The van der Waals surface area contributed by atoms with Crippen LogP contribution in [0.1, 0.15) is 25.0 Å². The number of benzene rings is 1. The summed E-state index contributed by atoms with van der Waals surface area (Å²) in [6, 6.07) is 3.62. The third-order valence-corrected chi connectivity index (χ3v) is 2.35. The smallest absolute Gasteiger partial charge is 0.133 e. The van der Waals surface area contributed by atoms with Crippen LogP contribution in [0.2, 0.25) is 0 Å². The third-order valence-electron chi connectivity index (χ3n) is 2.35. The van der Waals surface area contributed by atoms with Crippen LogP contribution in [0.3, 0.4) is 0 Å². The molecule has 68 valence electrons. The van der Waals surface area contributed by atoms with Crippen molar-refractivity contribution < 1.29 is 4.74 Å². The zero-order chi connectivity index (χ0) is 9.64. The molecule has 13 heavy (non-hydrogen) atoms. The molecule has 0 aliphatic carbocycles. The lowest BCUT2D eigenvalue weighted by molar-refractivity contribution is 0.0517. The number of ether oxygens (including phenoxy) is 1. The average molecular weight is 176 g/mol. The fraction of sp³-hybridized carbons (Fsp3) is 0.300. The predicted octanol–water partition coefficient (Wildman–Crippen LogP) is 1.89. The summed E-state index contributed by atoms with van der Waals surface area (Å²) in [5.74, 6) is 0.845. The van der Waals surface area contributed by atoms with E-state index < -0.39 is 0 Å². The van der Waals surface area contributed by atoms with Gasteiger partial charge in [-0.25, -0.2) is 0 Å². The summed E-state index contributed by atoms with van der Waals surface area (Å²) in [6.07, 6.45) is 1.29. The van der Waals surface area contributed by atoms with E-state index in [0.29, 0.717) is 5.69 Å². The van der Waals surface area contributed by atoms with Crippen molar-refractivity contribution >= 4 is 11.9 Å². The molecule has 0 unspecified atom stereocenters. The van der Waals surface area contributed by atoms with Gasteiger partial charge in [0.1, 0.15) is 11.4 Å². The van der Waals surface area contributed by atoms with Gasteiger partial charge < -0.3 is 15.9 Å². The Morgan fingerprint density at radius 3 is 2.62 bits per heavy atom. The summed E-state index contributed by atoms with van der Waals surface area (Å²) in [6.45, 7) is 3.95. The number of nitrogen functional groups attached to an aromatic ring is 1. The summed E-state index contributed by atoms with van der Waals surface area (Å²) in [7, 11) is 0. The van der Waals surface area contributed by atoms with Gasteiger partial charge in [-0.3, -0.25) is 0 Å². The van der Waals surface area contributed by atoms with E-state index in [1.54, 1.807) is 6.07 Å². The molecule has 3 nitrogen and oxygen atoms in total. The van der Waals surface area contributed by atoms with Gasteiger partial charge >= 0.3 is 0 Å². The summed E-state index contributed by atoms with van der Waals surface area (Å²) < 4.78 is 5.51. The molecule has 0 spiro atoms. The monoisotopic (exact) mass is 176 g/mol. The number of nitrogens with one attached hydrogen (secondary N) is 1. The maximum Gasteiger partial charge on any atom is 0.133 e. The Balaban J connectivity index is 2.68. The molecule has 1 aromatic rings. The number of nitrogens with two attached hydrogens (primary N) is 1. The standard InChI is InChI=1S/C10H12N2O/c1-10(2)9-6(5-11)7(12)3-4-8(9)13-10/h3-5,11H,12H2,1-2H3. The van der Waals surface area contributed by atoms with Crippen LogP contribution in [-0.4, -0.2) is 6.21 Å². The van der Waals surface area contributed by atoms with Gasteiger partial charge in [0.15, 0.2) is 0 Å². The van der Waals surface area contributed by atoms with Crippen molar-refractivity contribution in [2.24, 2.45) is 0 Å². The first kappa shape index (κ1) is 8.10. The van der Waals surface area contributed by atoms with Crippen molar-refractivity contribution in [2.45, 2.75) is 19.4 Å². The minimum atomic E-state index is -0.294. The topological polar surface area (TPSA) is 59.1 Å². The minimum absolute atomic E-state index is 0.294. The van der Waals surface area contributed by atoms with Crippen LogP contribution in [0.25, 0.3) is 0 Å². The van der Waals surface area contributed by atoms with E-state index >= 15 is 0 Å². The van der Waals surface area contributed by atoms with E-state index in [0.717, 1.165) is 16.9 Å². The van der Waals surface area contributed by atoms with Crippen LogP contribution < -0.4 is 10.5 Å². The van der Waals surface area contributed by atoms with Crippen molar-refractivity contribution in [1.29, 1.82) is 5.41 Å². The number of hydrogen-bond donors (Lipinski definition) is 2. The summed E-state index contributed by atoms with van der Waals surface area (Å²) in [4.78, 5) is 0. The largest absolute Gasteiger partial charge is 0.483 e. The summed E-state index contributed by atoms with van der Waals surface area (Å²) in [5.41, 5.74) is 7.93. The molecule has 0 fully saturated rings. The molecule has 0 saturated carbocycles. The van der Waals surface area contributed by atoms with Crippen LogP contribution in [0, 0.1) is 5.41 Å². The van der Waals surface area contributed by atoms with Crippen molar-refractivity contribution in [3.05, 3.63) is 23.3 Å². The number of anilines is 1. The second kappa shape index (κ2) is 2.25. The fourth-order valence-electron chi connectivity index (χ4n) is 1.76. The normalized spacial score (nSPS) is 16.8. The molecule has 0 aromatic heterocycles. The Morgan fingerprint density at radius 2 is 2.15 bits per heavy atom. The lowest BCUT2D eigenvalue weighted by Crippen LogP contribution is -2.36. The molecule has 1 heterocycles. The van der Waals surface area contributed by atoms with Crippen LogP contribution in [0.5, 0.6) is 5.75 Å². The van der Waals surface area contributed by atoms with Gasteiger partial charge in [-0.2, -0.15) is 0 Å². The summed E-state index contributed by atoms with van der Waals surface area (Å²) in [5, 5.41) is 7.27. The van der Waals surface area contributed by atoms with Crippen LogP contribution in [0.15, 0.2) is 12.1 Å². The van der Waals surface area contributed by atoms with E-state index in [1.807, 2.05) is 19.9 Å². The number of fused-ring (bicyclic) bond motifs is 1. The van der Waals surface area contributed by atoms with Crippen molar-refractivity contribution in [3.63, 3.8) is 0 Å². The summed E-state index contributed by atoms with van der Waals surface area (Å²) >= 11 is 0. The Labute approximate surface area is 77.0 Å². The van der Waals surface area contributed by atoms with Gasteiger partial charge in [0.2, 0.25) is 0 Å². The molecule has 3 N–H and O–H groups in total. The van der Waals surface area contributed by atoms with Crippen LogP contribution in [-0.2, 0) is 5.60 Å². The van der Waals surface area contributed by atoms with E-state index in [9.17, 15) is 0 Å². The predicted molar refractivity (Wildman–Crippen MR) is 52.4 cm³/mol. The van der Waals surface area contributed by atoms with Gasteiger partial charge in [-0.15, -0.1) is 0 Å². The molecule has 0 radical (unpaired) electrons. The lowest BCUT2D eigenvalue weighted by atomic mass is 9.86. The molecule has 0 atom stereocenters. The highest BCUT2D eigenvalue weighted by Crippen LogP contribution is 2.46. The van der Waals surface area contributed by atoms with Gasteiger partial charge in [0.05, 0.1) is 0 Å². The van der Waals surface area contributed by atoms with Gasteiger partial charge in [0, 0.05) is 23.0 Å². The molecule has 0 bridgehead atoms. The quantitative estimate of drug-likeness (QED) is 0.507. The Morgan fingerprint density at radius 1 is 1.46 bits per heavy atom. The van der Waals surface area contributed by atoms with Crippen LogP contribution >= 0.6 is 0 Å². The highest BCUT2D eigenvalue weighted by molar-refractivity contribution is 5.89. The van der Waals surface area contributed by atoms with E-state index in [2.05, 4.69) is 0 Å². The van der Waals surface area contributed by atoms with E-state index in [1.165, 1.54) is 6.21 Å². The molecule has 0 amide bonds. The Bertz CT molecular complexity index is 383. The maximum atomic E-state index is 7.27. The fourth-order valence-corrected chi connectivity index (χ4v) is 1.76. The van der Waals surface area contributed by atoms with E-state index in [4.69, 9.17) is 15.9 Å². The maximum absolute atomic E-state index is 7.27. The Kier molecular flexibility index (Phi) is 1.40. The zero-order valence-corrected chi connectivity index (χ0v) is 7.72. The average Bonchev–Trinajstić information content (AvgIpc) is 2.06. The molecular weight excluding hydrogens is 164 g/mol. The van der Waals surface area contributed by atoms with Crippen LogP contribution in [0.4, 0.5) is 5.69 Å². The highest BCUT2D eigenvalue weighted by atomic mass is 16.5. The first-order chi connectivity index (χ1) is 6.06. The molecule has 1 aliphatic rings. The van der Waals surface area contributed by atoms with Crippen molar-refractivity contribution in [2.75, 3.05) is 5.73 Å². The van der Waals surface area contributed by atoms with Crippen molar-refractivity contribution in [3.8, 4) is 5.75 Å². The first-order valence-electron chi connectivity index (χ1n) is 4.18. The number of rotatable bonds is 1. The number of hydrogen-bond acceptors (Lipinski definition) is 3. The molecular formula is C10H12N2O. The molecule has 1 aliphatic heterocycles.